The van der Waals surface area contributed by atoms with Gasteiger partial charge in [-0.2, -0.15) is 0 Å². The van der Waals surface area contributed by atoms with Crippen molar-refractivity contribution in [3.8, 4) is 0 Å². The van der Waals surface area contributed by atoms with Crippen LogP contribution in [0.2, 0.25) is 0 Å². The van der Waals surface area contributed by atoms with Gasteiger partial charge in [0, 0.05) is 24.2 Å². The number of nitro groups is 1. The summed E-state index contributed by atoms with van der Waals surface area (Å²) in [5, 5.41) is 16.5. The molecule has 0 heterocycles. The molecule has 0 spiro atoms. The Bertz CT molecular complexity index is 757. The smallest absolute Gasteiger partial charge is 0.328 e. The Balaban J connectivity index is 2.35. The second-order valence-corrected chi connectivity index (χ2v) is 7.95. The van der Waals surface area contributed by atoms with Crippen molar-refractivity contribution in [2.75, 3.05) is 5.32 Å². The van der Waals surface area contributed by atoms with E-state index in [2.05, 4.69) is 10.6 Å². The third-order valence-electron chi connectivity index (χ3n) is 3.83. The van der Waals surface area contributed by atoms with Crippen molar-refractivity contribution in [3.63, 3.8) is 0 Å². The Labute approximate surface area is 146 Å². The number of non-ortho nitro benzene ring substituents is 1. The van der Waals surface area contributed by atoms with Crippen LogP contribution in [0.5, 0.6) is 0 Å². The van der Waals surface area contributed by atoms with Crippen molar-refractivity contribution in [1.82, 2.24) is 10.0 Å². The lowest BCUT2D eigenvalue weighted by atomic mass is 10.2. The van der Waals surface area contributed by atoms with Crippen molar-refractivity contribution in [3.05, 3.63) is 28.3 Å². The lowest BCUT2D eigenvalue weighted by Crippen LogP contribution is -2.42. The van der Waals surface area contributed by atoms with Gasteiger partial charge in [-0.25, -0.2) is 17.9 Å². The Kier molecular flexibility index (Phi) is 5.83. The van der Waals surface area contributed by atoms with E-state index in [-0.39, 0.29) is 28.4 Å². The highest BCUT2D eigenvalue weighted by atomic mass is 32.2. The molecule has 1 aliphatic carbocycles. The first kappa shape index (κ1) is 19.0. The third-order valence-corrected chi connectivity index (χ3v) is 5.20. The van der Waals surface area contributed by atoms with Gasteiger partial charge in [0.15, 0.2) is 0 Å². The number of carbonyl (C=O) groups excluding carboxylic acids is 1. The van der Waals surface area contributed by atoms with Crippen molar-refractivity contribution in [2.45, 2.75) is 56.5 Å². The van der Waals surface area contributed by atoms with Gasteiger partial charge in [-0.1, -0.05) is 12.8 Å². The number of anilines is 1. The molecule has 1 fully saturated rings. The standard InChI is InChI=1S/C15H22N4O5S/c1-10(2)16-15(20)18-25(23,24)14-9-12(19(21)22)7-8-13(14)17-11-5-3-4-6-11/h7-11,17H,3-6H2,1-2H3,(H2,16,18,20). The predicted octanol–water partition coefficient (Wildman–Crippen LogP) is 2.35. The number of sulfonamides is 1. The van der Waals surface area contributed by atoms with Crippen molar-refractivity contribution in [2.24, 2.45) is 0 Å². The maximum absolute atomic E-state index is 12.6. The Morgan fingerprint density at radius 2 is 1.92 bits per heavy atom. The first-order valence-electron chi connectivity index (χ1n) is 8.07. The van der Waals surface area contributed by atoms with Gasteiger partial charge in [0.2, 0.25) is 0 Å². The van der Waals surface area contributed by atoms with E-state index in [1.165, 1.54) is 12.1 Å². The van der Waals surface area contributed by atoms with Crippen LogP contribution in [0.3, 0.4) is 0 Å². The van der Waals surface area contributed by atoms with Gasteiger partial charge >= 0.3 is 6.03 Å². The van der Waals surface area contributed by atoms with Crippen LogP contribution >= 0.6 is 0 Å². The lowest BCUT2D eigenvalue weighted by molar-refractivity contribution is -0.385. The number of hydrogen-bond donors (Lipinski definition) is 3. The lowest BCUT2D eigenvalue weighted by Gasteiger charge is -2.18. The van der Waals surface area contributed by atoms with E-state index >= 15 is 0 Å². The zero-order chi connectivity index (χ0) is 18.6. The minimum absolute atomic E-state index is 0.111. The normalized spacial score (nSPS) is 15.2. The van der Waals surface area contributed by atoms with E-state index in [1.807, 2.05) is 4.72 Å². The highest BCUT2D eigenvalue weighted by Crippen LogP contribution is 2.30. The second kappa shape index (κ2) is 7.68. The van der Waals surface area contributed by atoms with E-state index in [9.17, 15) is 23.3 Å². The van der Waals surface area contributed by atoms with Gasteiger partial charge in [0.25, 0.3) is 15.7 Å². The SMILES string of the molecule is CC(C)NC(=O)NS(=O)(=O)c1cc([N+](=O)[O-])ccc1NC1CCCC1. The number of nitrogens with zero attached hydrogens (tertiary/aromatic N) is 1. The van der Waals surface area contributed by atoms with Gasteiger partial charge < -0.3 is 10.6 Å². The van der Waals surface area contributed by atoms with Crippen molar-refractivity contribution < 1.29 is 18.1 Å². The van der Waals surface area contributed by atoms with Crippen LogP contribution in [0.25, 0.3) is 0 Å². The summed E-state index contributed by atoms with van der Waals surface area (Å²) in [4.78, 5) is 21.8. The number of nitrogens with one attached hydrogen (secondary N) is 3. The van der Waals surface area contributed by atoms with Gasteiger partial charge in [0.1, 0.15) is 4.90 Å². The molecule has 138 valence electrons. The van der Waals surface area contributed by atoms with E-state index in [0.717, 1.165) is 31.7 Å². The summed E-state index contributed by atoms with van der Waals surface area (Å²) in [6.45, 7) is 3.37. The highest BCUT2D eigenvalue weighted by Gasteiger charge is 2.26. The zero-order valence-electron chi connectivity index (χ0n) is 14.1. The summed E-state index contributed by atoms with van der Waals surface area (Å²) in [7, 11) is -4.26. The van der Waals surface area contributed by atoms with E-state index in [0.29, 0.717) is 0 Å². The molecule has 1 aromatic carbocycles. The van der Waals surface area contributed by atoms with Crippen molar-refractivity contribution >= 4 is 27.4 Å². The molecule has 0 atom stereocenters. The van der Waals surface area contributed by atoms with E-state index in [4.69, 9.17) is 0 Å². The number of urea groups is 1. The molecule has 0 aliphatic heterocycles. The van der Waals surface area contributed by atoms with Gasteiger partial charge in [0.05, 0.1) is 10.6 Å². The first-order chi connectivity index (χ1) is 11.7. The minimum atomic E-state index is -4.26. The fourth-order valence-electron chi connectivity index (χ4n) is 2.72. The molecule has 25 heavy (non-hydrogen) atoms. The predicted molar refractivity (Wildman–Crippen MR) is 93.0 cm³/mol. The number of nitro benzene ring substituents is 1. The maximum Gasteiger partial charge on any atom is 0.328 e. The van der Waals surface area contributed by atoms with Crippen LogP contribution in [-0.2, 0) is 10.0 Å². The van der Waals surface area contributed by atoms with Crippen LogP contribution in [0.1, 0.15) is 39.5 Å². The van der Waals surface area contributed by atoms with Crippen LogP contribution in [0.15, 0.2) is 23.1 Å². The summed E-state index contributed by atoms with van der Waals surface area (Å²) in [5.74, 6) is 0. The molecule has 0 bridgehead atoms. The summed E-state index contributed by atoms with van der Waals surface area (Å²) in [6.07, 6.45) is 3.89. The Morgan fingerprint density at radius 3 is 2.48 bits per heavy atom. The molecular weight excluding hydrogens is 348 g/mol. The van der Waals surface area contributed by atoms with Crippen LogP contribution < -0.4 is 15.4 Å². The maximum atomic E-state index is 12.6. The van der Waals surface area contributed by atoms with Crippen LogP contribution in [0, 0.1) is 10.1 Å². The summed E-state index contributed by atoms with van der Waals surface area (Å²) >= 11 is 0. The first-order valence-corrected chi connectivity index (χ1v) is 9.55. The Morgan fingerprint density at radius 1 is 1.28 bits per heavy atom. The average molecular weight is 370 g/mol. The zero-order valence-corrected chi connectivity index (χ0v) is 14.9. The van der Waals surface area contributed by atoms with Gasteiger partial charge in [-0.05, 0) is 32.8 Å². The molecule has 2 rings (SSSR count). The molecule has 0 radical (unpaired) electrons. The van der Waals surface area contributed by atoms with Gasteiger partial charge in [-0.15, -0.1) is 0 Å². The van der Waals surface area contributed by atoms with Crippen molar-refractivity contribution in [1.29, 1.82) is 0 Å². The number of amides is 2. The number of benzene rings is 1. The molecule has 1 aliphatic rings. The molecular formula is C15H22N4O5S. The molecule has 1 saturated carbocycles. The number of rotatable bonds is 6. The topological polar surface area (TPSA) is 130 Å². The van der Waals surface area contributed by atoms with E-state index < -0.39 is 21.0 Å². The molecule has 2 amide bonds. The third kappa shape index (κ3) is 5.05. The fourth-order valence-corrected chi connectivity index (χ4v) is 3.83. The average Bonchev–Trinajstić information content (AvgIpc) is 2.98. The monoisotopic (exact) mass is 370 g/mol. The molecule has 1 aromatic rings. The Hall–Kier alpha value is -2.36. The fraction of sp³-hybridized carbons (Fsp3) is 0.533. The van der Waals surface area contributed by atoms with E-state index in [1.54, 1.807) is 13.8 Å². The molecule has 0 saturated heterocycles. The summed E-state index contributed by atoms with van der Waals surface area (Å²) in [5.41, 5.74) is -0.107. The molecule has 9 nitrogen and oxygen atoms in total. The summed E-state index contributed by atoms with van der Waals surface area (Å²) in [6, 6.07) is 2.54. The molecule has 10 heteroatoms. The highest BCUT2D eigenvalue weighted by molar-refractivity contribution is 7.90. The molecule has 0 aromatic heterocycles. The van der Waals surface area contributed by atoms with Gasteiger partial charge in [-0.3, -0.25) is 10.1 Å². The molecule has 0 unspecified atom stereocenters. The van der Waals surface area contributed by atoms with Crippen LogP contribution in [-0.4, -0.2) is 31.5 Å². The quantitative estimate of drug-likeness (QED) is 0.520. The molecule has 3 N–H and O–H groups in total. The van der Waals surface area contributed by atoms with Crippen LogP contribution in [0.4, 0.5) is 16.2 Å². The number of carbonyl (C=O) groups is 1. The second-order valence-electron chi connectivity index (χ2n) is 6.30. The largest absolute Gasteiger partial charge is 0.381 e. The minimum Gasteiger partial charge on any atom is -0.381 e. The number of hydrogen-bond acceptors (Lipinski definition) is 6. The summed E-state index contributed by atoms with van der Waals surface area (Å²) < 4.78 is 27.0.